The van der Waals surface area contributed by atoms with Crippen LogP contribution in [0.15, 0.2) is 71.4 Å². The molecule has 2 aliphatic rings. The van der Waals surface area contributed by atoms with Gasteiger partial charge in [-0.3, -0.25) is 9.79 Å². The molecule has 0 bridgehead atoms. The minimum atomic E-state index is 0.144. The van der Waals surface area contributed by atoms with Gasteiger partial charge >= 0.3 is 0 Å². The molecule has 1 unspecified atom stereocenters. The molecule has 0 aliphatic carbocycles. The van der Waals surface area contributed by atoms with Crippen molar-refractivity contribution in [1.82, 2.24) is 0 Å². The van der Waals surface area contributed by atoms with E-state index in [0.29, 0.717) is 5.92 Å². The van der Waals surface area contributed by atoms with E-state index < -0.39 is 0 Å². The number of aliphatic imine (C=N–C) groups is 1. The van der Waals surface area contributed by atoms with Crippen LogP contribution in [-0.4, -0.2) is 25.2 Å². The van der Waals surface area contributed by atoms with Gasteiger partial charge in [-0.2, -0.15) is 0 Å². The average Bonchev–Trinajstić information content (AvgIpc) is 2.87. The van der Waals surface area contributed by atoms with E-state index in [4.69, 9.17) is 0 Å². The quantitative estimate of drug-likeness (QED) is 0.474. The van der Waals surface area contributed by atoms with Crippen molar-refractivity contribution in [2.45, 2.75) is 79.6 Å². The summed E-state index contributed by atoms with van der Waals surface area (Å²) in [6.07, 6.45) is 5.38. The number of aryl methyl sites for hydroxylation is 1. The molecule has 194 valence electrons. The van der Waals surface area contributed by atoms with Gasteiger partial charge in [-0.1, -0.05) is 78.5 Å². The molecule has 1 amide bonds. The summed E-state index contributed by atoms with van der Waals surface area (Å²) < 4.78 is 0. The molecule has 0 saturated carbocycles. The van der Waals surface area contributed by atoms with E-state index in [1.807, 2.05) is 37.8 Å². The largest absolute Gasteiger partial charge is 0.359 e. The number of anilines is 2. The lowest BCUT2D eigenvalue weighted by molar-refractivity contribution is -0.115. The van der Waals surface area contributed by atoms with Crippen LogP contribution in [0.4, 0.5) is 11.4 Å². The number of allylic oxidation sites excluding steroid dienone is 2. The fraction of sp³-hybridized carbons (Fsp3) is 0.438. The van der Waals surface area contributed by atoms with E-state index in [1.165, 1.54) is 16.7 Å². The van der Waals surface area contributed by atoms with Crippen molar-refractivity contribution >= 4 is 23.5 Å². The van der Waals surface area contributed by atoms with E-state index in [-0.39, 0.29) is 11.3 Å². The van der Waals surface area contributed by atoms with Crippen LogP contribution in [-0.2, 0) is 10.2 Å². The molecule has 2 aliphatic heterocycles. The predicted octanol–water partition coefficient (Wildman–Crippen LogP) is 8.19. The molecule has 0 spiro atoms. The first-order chi connectivity index (χ1) is 17.1. The molecule has 0 fully saturated rings. The van der Waals surface area contributed by atoms with Gasteiger partial charge < -0.3 is 10.2 Å². The molecule has 4 rings (SSSR count). The predicted molar refractivity (Wildman–Crippen MR) is 158 cm³/mol. The first-order valence-corrected chi connectivity index (χ1v) is 13.2. The van der Waals surface area contributed by atoms with Crippen LogP contribution in [0.2, 0.25) is 0 Å². The highest BCUT2D eigenvalue weighted by Gasteiger charge is 2.27. The number of carbonyl (C=O) groups is 1. The molecule has 0 saturated heterocycles. The molecule has 36 heavy (non-hydrogen) atoms. The van der Waals surface area contributed by atoms with Crippen LogP contribution < -0.4 is 10.2 Å². The Morgan fingerprint density at radius 1 is 1.14 bits per heavy atom. The second-order valence-corrected chi connectivity index (χ2v) is 10.4. The van der Waals surface area contributed by atoms with E-state index in [9.17, 15) is 4.79 Å². The van der Waals surface area contributed by atoms with Gasteiger partial charge in [0, 0.05) is 41.9 Å². The summed E-state index contributed by atoms with van der Waals surface area (Å²) in [5, 5.41) is 3.29. The van der Waals surface area contributed by atoms with E-state index in [0.717, 1.165) is 48.6 Å². The monoisotopic (exact) mass is 487 g/mol. The van der Waals surface area contributed by atoms with Gasteiger partial charge in [0.2, 0.25) is 0 Å². The smallest absolute Gasteiger partial charge is 0.254 e. The van der Waals surface area contributed by atoms with Crippen LogP contribution in [0.1, 0.15) is 83.9 Å². The third kappa shape index (κ3) is 7.68. The van der Waals surface area contributed by atoms with Crippen molar-refractivity contribution in [2.24, 2.45) is 4.99 Å². The number of para-hydroxylation sites is 1. The number of hydrogen-bond acceptors (Lipinski definition) is 3. The Bertz CT molecular complexity index is 1100. The Hall–Kier alpha value is -3.14. The summed E-state index contributed by atoms with van der Waals surface area (Å²) in [5.74, 6) is 0.674. The van der Waals surface area contributed by atoms with Gasteiger partial charge in [0.25, 0.3) is 5.91 Å². The molecule has 0 radical (unpaired) electrons. The summed E-state index contributed by atoms with van der Waals surface area (Å²) in [6.45, 7) is 22.4. The van der Waals surface area contributed by atoms with Gasteiger partial charge in [-0.15, -0.1) is 0 Å². The zero-order valence-electron chi connectivity index (χ0n) is 23.6. The minimum absolute atomic E-state index is 0.144. The molecule has 1 atom stereocenters. The Morgan fingerprint density at radius 2 is 1.83 bits per heavy atom. The zero-order chi connectivity index (χ0) is 26.9. The number of carbonyl (C=O) groups excluding carboxylic acids is 1. The summed E-state index contributed by atoms with van der Waals surface area (Å²) >= 11 is 0. The maximum atomic E-state index is 12.6. The summed E-state index contributed by atoms with van der Waals surface area (Å²) in [7, 11) is 0. The highest BCUT2D eigenvalue weighted by Crippen LogP contribution is 2.35. The molecular weight excluding hydrogens is 442 g/mol. The first-order valence-electron chi connectivity index (χ1n) is 13.2. The molecule has 0 aromatic heterocycles. The van der Waals surface area contributed by atoms with Crippen molar-refractivity contribution < 1.29 is 4.79 Å². The number of rotatable bonds is 3. The van der Waals surface area contributed by atoms with E-state index >= 15 is 0 Å². The SMILES string of the molecule is C=C(C)Nc1cc(C(C)(C)C)ccc1C.CC.CC1CCN(C(=O)C2=CC=NCC2)c2ccccc21. The fourth-order valence-corrected chi connectivity index (χ4v) is 4.25. The third-order valence-electron chi connectivity index (χ3n) is 6.41. The second kappa shape index (κ2) is 13.2. The maximum absolute atomic E-state index is 12.6. The van der Waals surface area contributed by atoms with Gasteiger partial charge in [0.1, 0.15) is 0 Å². The summed E-state index contributed by atoms with van der Waals surface area (Å²) in [6, 6.07) is 14.8. The Balaban J connectivity index is 0.000000244. The highest BCUT2D eigenvalue weighted by atomic mass is 16.2. The van der Waals surface area contributed by atoms with Crippen molar-refractivity contribution in [1.29, 1.82) is 0 Å². The first kappa shape index (κ1) is 29.1. The maximum Gasteiger partial charge on any atom is 0.254 e. The molecule has 2 aromatic carbocycles. The minimum Gasteiger partial charge on any atom is -0.359 e. The lowest BCUT2D eigenvalue weighted by atomic mass is 9.86. The van der Waals surface area contributed by atoms with Crippen molar-refractivity contribution in [3.63, 3.8) is 0 Å². The lowest BCUT2D eigenvalue weighted by Gasteiger charge is -2.33. The van der Waals surface area contributed by atoms with Crippen molar-refractivity contribution in [2.75, 3.05) is 23.3 Å². The van der Waals surface area contributed by atoms with Gasteiger partial charge in [-0.05, 0) is 72.9 Å². The average molecular weight is 488 g/mol. The molecule has 2 heterocycles. The Labute approximate surface area is 219 Å². The van der Waals surface area contributed by atoms with Crippen molar-refractivity contribution in [3.8, 4) is 0 Å². The lowest BCUT2D eigenvalue weighted by Crippen LogP contribution is -2.37. The highest BCUT2D eigenvalue weighted by molar-refractivity contribution is 6.08. The number of nitrogens with zero attached hydrogens (tertiary/aromatic N) is 2. The Morgan fingerprint density at radius 3 is 2.44 bits per heavy atom. The van der Waals surface area contributed by atoms with Crippen LogP contribution in [0.3, 0.4) is 0 Å². The zero-order valence-corrected chi connectivity index (χ0v) is 23.6. The third-order valence-corrected chi connectivity index (χ3v) is 6.41. The van der Waals surface area contributed by atoms with Crippen LogP contribution in [0.25, 0.3) is 0 Å². The summed E-state index contributed by atoms with van der Waals surface area (Å²) in [4.78, 5) is 18.7. The second-order valence-electron chi connectivity index (χ2n) is 10.4. The van der Waals surface area contributed by atoms with Gasteiger partial charge in [0.15, 0.2) is 0 Å². The standard InChI is InChI=1S/C16H18N2O.C14H21N.C2H6/c1-12-8-11-18(15-5-3-2-4-14(12)15)16(19)13-6-9-17-10-7-13;1-10(2)15-13-9-12(14(4,5)6)8-7-11(13)3;1-2/h2-6,9,12H,7-8,10-11H2,1H3;7-9,15H,1H2,2-6H3;1-2H3. The number of hydrogen-bond donors (Lipinski definition) is 1. The summed E-state index contributed by atoms with van der Waals surface area (Å²) in [5.41, 5.74) is 8.17. The van der Waals surface area contributed by atoms with Crippen LogP contribution in [0, 0.1) is 6.92 Å². The normalized spacial score (nSPS) is 16.4. The molecule has 2 aromatic rings. The van der Waals surface area contributed by atoms with Crippen LogP contribution >= 0.6 is 0 Å². The molecule has 4 nitrogen and oxygen atoms in total. The Kier molecular flexibility index (Phi) is 10.7. The number of nitrogens with one attached hydrogen (secondary N) is 1. The topological polar surface area (TPSA) is 44.7 Å². The van der Waals surface area contributed by atoms with Gasteiger partial charge in [0.05, 0.1) is 0 Å². The molecule has 1 N–H and O–H groups in total. The molecular formula is C32H45N3O. The molecule has 4 heteroatoms. The number of dihydropyridines is 1. The van der Waals surface area contributed by atoms with Crippen molar-refractivity contribution in [3.05, 3.63) is 83.1 Å². The van der Waals surface area contributed by atoms with Crippen LogP contribution in [0.5, 0.6) is 0 Å². The number of fused-ring (bicyclic) bond motifs is 1. The van der Waals surface area contributed by atoms with Gasteiger partial charge in [-0.25, -0.2) is 0 Å². The van der Waals surface area contributed by atoms with E-state index in [2.05, 4.69) is 87.9 Å². The number of benzene rings is 2. The van der Waals surface area contributed by atoms with E-state index in [1.54, 1.807) is 6.21 Å². The fourth-order valence-electron chi connectivity index (χ4n) is 4.25. The number of amides is 1.